The fourth-order valence-corrected chi connectivity index (χ4v) is 6.24. The van der Waals surface area contributed by atoms with Crippen LogP contribution in [-0.2, 0) is 12.0 Å². The van der Waals surface area contributed by atoms with Crippen LogP contribution in [-0.4, -0.2) is 24.4 Å². The van der Waals surface area contributed by atoms with Crippen molar-refractivity contribution < 1.29 is 4.74 Å². The van der Waals surface area contributed by atoms with Gasteiger partial charge >= 0.3 is 0 Å². The molecular formula is C38H33N5O2S. The summed E-state index contributed by atoms with van der Waals surface area (Å²) in [4.78, 5) is 18.8. The molecule has 0 amide bonds. The maximum Gasteiger partial charge on any atom is 0.291 e. The minimum atomic E-state index is -0.204. The monoisotopic (exact) mass is 623 g/mol. The smallest absolute Gasteiger partial charge is 0.291 e. The van der Waals surface area contributed by atoms with Gasteiger partial charge in [-0.2, -0.15) is 14.6 Å². The highest BCUT2D eigenvalue weighted by atomic mass is 32.1. The molecule has 228 valence electrons. The zero-order valence-corrected chi connectivity index (χ0v) is 27.0. The predicted molar refractivity (Wildman–Crippen MR) is 185 cm³/mol. The first kappa shape index (κ1) is 29.4. The van der Waals surface area contributed by atoms with Crippen LogP contribution in [0.25, 0.3) is 39.4 Å². The molecule has 7 rings (SSSR count). The fourth-order valence-electron chi connectivity index (χ4n) is 5.34. The third kappa shape index (κ3) is 5.87. The fraction of sp³-hybridized carbons (Fsp3) is 0.158. The molecule has 4 aromatic carbocycles. The second-order valence-electron chi connectivity index (χ2n) is 12.3. The van der Waals surface area contributed by atoms with E-state index >= 15 is 0 Å². The molecule has 3 heterocycles. The molecule has 0 saturated heterocycles. The van der Waals surface area contributed by atoms with Gasteiger partial charge < -0.3 is 4.74 Å². The lowest BCUT2D eigenvalue weighted by atomic mass is 9.87. The van der Waals surface area contributed by atoms with E-state index in [4.69, 9.17) is 14.8 Å². The van der Waals surface area contributed by atoms with Gasteiger partial charge in [0.25, 0.3) is 5.56 Å². The Bertz CT molecular complexity index is 2260. The van der Waals surface area contributed by atoms with Gasteiger partial charge in [0.2, 0.25) is 4.96 Å². The van der Waals surface area contributed by atoms with E-state index in [0.29, 0.717) is 21.9 Å². The Balaban J connectivity index is 1.25. The van der Waals surface area contributed by atoms with Crippen molar-refractivity contribution in [3.63, 3.8) is 0 Å². The van der Waals surface area contributed by atoms with Crippen LogP contribution in [0.3, 0.4) is 0 Å². The highest BCUT2D eigenvalue weighted by Gasteiger charge is 2.17. The number of ether oxygens (including phenoxy) is 1. The Morgan fingerprint density at radius 3 is 2.22 bits per heavy atom. The number of thiazole rings is 1. The summed E-state index contributed by atoms with van der Waals surface area (Å²) in [5.74, 6) is 1.36. The van der Waals surface area contributed by atoms with Crippen molar-refractivity contribution in [1.29, 1.82) is 0 Å². The van der Waals surface area contributed by atoms with Crippen molar-refractivity contribution >= 4 is 22.4 Å². The molecule has 0 atom stereocenters. The van der Waals surface area contributed by atoms with Gasteiger partial charge in [-0.05, 0) is 65.4 Å². The van der Waals surface area contributed by atoms with Crippen molar-refractivity contribution in [2.45, 2.75) is 39.7 Å². The van der Waals surface area contributed by atoms with E-state index in [0.717, 1.165) is 44.9 Å². The number of rotatable bonds is 7. The molecule has 0 bridgehead atoms. The minimum Gasteiger partial charge on any atom is -0.489 e. The number of fused-ring (bicyclic) bond motifs is 1. The van der Waals surface area contributed by atoms with Crippen molar-refractivity contribution in [3.8, 4) is 34.1 Å². The molecule has 0 N–H and O–H groups in total. The average molecular weight is 624 g/mol. The number of aromatic nitrogens is 5. The number of nitrogens with zero attached hydrogens (tertiary/aromatic N) is 5. The second-order valence-corrected chi connectivity index (χ2v) is 13.3. The van der Waals surface area contributed by atoms with Crippen LogP contribution in [0, 0.1) is 6.92 Å². The van der Waals surface area contributed by atoms with E-state index < -0.39 is 0 Å². The highest BCUT2D eigenvalue weighted by Crippen LogP contribution is 2.30. The summed E-state index contributed by atoms with van der Waals surface area (Å²) in [6.07, 6.45) is 3.84. The Hall–Kier alpha value is -5.34. The van der Waals surface area contributed by atoms with E-state index in [1.807, 2.05) is 96.7 Å². The van der Waals surface area contributed by atoms with Gasteiger partial charge in [0.15, 0.2) is 5.82 Å². The normalized spacial score (nSPS) is 12.2. The Morgan fingerprint density at radius 1 is 0.848 bits per heavy atom. The van der Waals surface area contributed by atoms with Gasteiger partial charge in [-0.15, -0.1) is 5.10 Å². The van der Waals surface area contributed by atoms with E-state index in [9.17, 15) is 4.79 Å². The number of aryl methyl sites for hydroxylation is 1. The number of hydrogen-bond donors (Lipinski definition) is 0. The van der Waals surface area contributed by atoms with E-state index in [1.54, 1.807) is 0 Å². The summed E-state index contributed by atoms with van der Waals surface area (Å²) in [5, 5.41) is 9.55. The molecular weight excluding hydrogens is 591 g/mol. The zero-order valence-electron chi connectivity index (χ0n) is 26.1. The maximum atomic E-state index is 13.6. The second kappa shape index (κ2) is 11.9. The van der Waals surface area contributed by atoms with Crippen LogP contribution >= 0.6 is 11.3 Å². The lowest BCUT2D eigenvalue weighted by Crippen LogP contribution is -2.23. The number of benzene rings is 4. The molecule has 0 fully saturated rings. The first-order valence-electron chi connectivity index (χ1n) is 15.2. The van der Waals surface area contributed by atoms with Crippen molar-refractivity contribution in [2.24, 2.45) is 0 Å². The predicted octanol–water partition coefficient (Wildman–Crippen LogP) is 7.40. The Labute approximate surface area is 271 Å². The molecule has 46 heavy (non-hydrogen) atoms. The quantitative estimate of drug-likeness (QED) is 0.185. The zero-order chi connectivity index (χ0) is 31.8. The van der Waals surface area contributed by atoms with E-state index in [1.165, 1.54) is 21.4 Å². The summed E-state index contributed by atoms with van der Waals surface area (Å²) in [6, 6.07) is 34.4. The van der Waals surface area contributed by atoms with Crippen molar-refractivity contribution in [2.75, 3.05) is 0 Å². The lowest BCUT2D eigenvalue weighted by Gasteiger charge is -2.18. The molecule has 0 spiro atoms. The van der Waals surface area contributed by atoms with Gasteiger partial charge in [0.1, 0.15) is 18.1 Å². The van der Waals surface area contributed by atoms with Crippen LogP contribution in [0.5, 0.6) is 5.75 Å². The van der Waals surface area contributed by atoms with Gasteiger partial charge in [0, 0.05) is 22.9 Å². The van der Waals surface area contributed by atoms with Crippen LogP contribution in [0.4, 0.5) is 0 Å². The van der Waals surface area contributed by atoms with Crippen molar-refractivity contribution in [3.05, 3.63) is 146 Å². The molecule has 0 aliphatic heterocycles. The molecule has 7 aromatic rings. The lowest BCUT2D eigenvalue weighted by molar-refractivity contribution is 0.304. The maximum absolute atomic E-state index is 13.6. The van der Waals surface area contributed by atoms with E-state index in [2.05, 4.69) is 56.2 Å². The van der Waals surface area contributed by atoms with Gasteiger partial charge in [0.05, 0.1) is 10.2 Å². The minimum absolute atomic E-state index is 0.0531. The summed E-state index contributed by atoms with van der Waals surface area (Å²) >= 11 is 1.32. The third-order valence-electron chi connectivity index (χ3n) is 7.93. The molecule has 0 aliphatic carbocycles. The van der Waals surface area contributed by atoms with Gasteiger partial charge in [-0.3, -0.25) is 4.79 Å². The standard InChI is InChI=1S/C38H33N5O2S/c1-25-21-28(17-20-32(25)45-24-26-11-7-5-8-12-26)34-29(23-42(40-34)31-13-9-6-10-14-31)22-33-36(44)43-37(46-33)39-35(41-43)27-15-18-30(19-16-27)38(2,3)4/h5-23H,24H2,1-4H3. The Morgan fingerprint density at radius 2 is 1.54 bits per heavy atom. The molecule has 0 radical (unpaired) electrons. The van der Waals surface area contributed by atoms with Gasteiger partial charge in [-0.25, -0.2) is 4.68 Å². The third-order valence-corrected chi connectivity index (χ3v) is 8.89. The van der Waals surface area contributed by atoms with Gasteiger partial charge in [-0.1, -0.05) is 105 Å². The van der Waals surface area contributed by atoms with Crippen LogP contribution in [0.15, 0.2) is 114 Å². The number of hydrogen-bond acceptors (Lipinski definition) is 6. The molecule has 0 aliphatic rings. The molecule has 8 heteroatoms. The topological polar surface area (TPSA) is 74.3 Å². The number of para-hydroxylation sites is 1. The van der Waals surface area contributed by atoms with Crippen LogP contribution < -0.4 is 14.8 Å². The first-order chi connectivity index (χ1) is 22.2. The highest BCUT2D eigenvalue weighted by molar-refractivity contribution is 7.15. The molecule has 7 nitrogen and oxygen atoms in total. The van der Waals surface area contributed by atoms with Crippen LogP contribution in [0.2, 0.25) is 0 Å². The molecule has 3 aromatic heterocycles. The van der Waals surface area contributed by atoms with Crippen LogP contribution in [0.1, 0.15) is 43.0 Å². The summed E-state index contributed by atoms with van der Waals surface area (Å²) in [7, 11) is 0. The first-order valence-corrected chi connectivity index (χ1v) is 16.0. The molecule has 0 unspecified atom stereocenters. The SMILES string of the molecule is Cc1cc(-c2nn(-c3ccccc3)cc2C=c2sc3nc(-c4ccc(C(C)(C)C)cc4)nn3c2=O)ccc1OCc1ccccc1. The summed E-state index contributed by atoms with van der Waals surface area (Å²) < 4.78 is 9.91. The summed E-state index contributed by atoms with van der Waals surface area (Å²) in [5.41, 5.74) is 7.51. The van der Waals surface area contributed by atoms with Crippen molar-refractivity contribution in [1.82, 2.24) is 24.4 Å². The molecule has 0 saturated carbocycles. The average Bonchev–Trinajstić information content (AvgIpc) is 3.76. The summed E-state index contributed by atoms with van der Waals surface area (Å²) in [6.45, 7) is 9.07. The van der Waals surface area contributed by atoms with E-state index in [-0.39, 0.29) is 11.0 Å². The Kier molecular flexibility index (Phi) is 7.58. The largest absolute Gasteiger partial charge is 0.489 e.